The molecule has 0 bridgehead atoms. The van der Waals surface area contributed by atoms with Gasteiger partial charge in [-0.3, -0.25) is 4.72 Å². The first-order chi connectivity index (χ1) is 10.8. The molecule has 23 heavy (non-hydrogen) atoms. The van der Waals surface area contributed by atoms with E-state index in [2.05, 4.69) is 14.9 Å². The van der Waals surface area contributed by atoms with E-state index in [0.29, 0.717) is 11.6 Å². The molecule has 0 aliphatic carbocycles. The lowest BCUT2D eigenvalue weighted by atomic mass is 10.1. The summed E-state index contributed by atoms with van der Waals surface area (Å²) in [7, 11) is -3.84. The molecule has 0 unspecified atom stereocenters. The number of hydrogen-bond acceptors (Lipinski definition) is 6. The highest BCUT2D eigenvalue weighted by Crippen LogP contribution is 2.26. The molecule has 0 fully saturated rings. The highest BCUT2D eigenvalue weighted by Gasteiger charge is 2.22. The Bertz CT molecular complexity index is 957. The predicted octanol–water partition coefficient (Wildman–Crippen LogP) is 3.06. The first-order valence-corrected chi connectivity index (χ1v) is 8.34. The molecule has 2 aromatic heterocycles. The average Bonchev–Trinajstić information content (AvgIpc) is 3.11. The van der Waals surface area contributed by atoms with Crippen LogP contribution in [0.4, 0.5) is 5.69 Å². The van der Waals surface area contributed by atoms with Crippen LogP contribution in [0.3, 0.4) is 0 Å². The molecule has 0 radical (unpaired) electrons. The fourth-order valence-electron chi connectivity index (χ4n) is 2.02. The second-order valence-corrected chi connectivity index (χ2v) is 6.78. The zero-order valence-corrected chi connectivity index (χ0v) is 13.6. The Kier molecular flexibility index (Phi) is 3.69. The third-order valence-corrected chi connectivity index (χ3v) is 4.46. The molecule has 0 aliphatic rings. The van der Waals surface area contributed by atoms with Crippen LogP contribution in [-0.4, -0.2) is 18.6 Å². The zero-order valence-electron chi connectivity index (χ0n) is 12.8. The normalized spacial score (nSPS) is 11.6. The van der Waals surface area contributed by atoms with Gasteiger partial charge in [0.2, 0.25) is 11.0 Å². The molecule has 0 aliphatic heterocycles. The van der Waals surface area contributed by atoms with Crippen LogP contribution < -0.4 is 4.72 Å². The minimum atomic E-state index is -3.84. The molecule has 3 aromatic rings. The van der Waals surface area contributed by atoms with E-state index in [1.54, 1.807) is 13.0 Å². The van der Waals surface area contributed by atoms with E-state index in [0.717, 1.165) is 11.1 Å². The van der Waals surface area contributed by atoms with E-state index in [4.69, 9.17) is 8.83 Å². The molecule has 1 N–H and O–H groups in total. The molecule has 0 saturated carbocycles. The van der Waals surface area contributed by atoms with Crippen LogP contribution in [0.15, 0.2) is 44.3 Å². The predicted molar refractivity (Wildman–Crippen MR) is 83.5 cm³/mol. The van der Waals surface area contributed by atoms with Crippen molar-refractivity contribution in [2.24, 2.45) is 0 Å². The van der Waals surface area contributed by atoms with Crippen molar-refractivity contribution < 1.29 is 17.3 Å². The summed E-state index contributed by atoms with van der Waals surface area (Å²) in [6, 6.07) is 8.35. The Hall–Kier alpha value is -2.61. The van der Waals surface area contributed by atoms with Crippen molar-refractivity contribution in [2.75, 3.05) is 4.72 Å². The molecule has 0 atom stereocenters. The van der Waals surface area contributed by atoms with Gasteiger partial charge in [0.15, 0.2) is 5.76 Å². The molecule has 120 valence electrons. The third kappa shape index (κ3) is 3.11. The smallest absolute Gasteiger partial charge is 0.295 e. The van der Waals surface area contributed by atoms with Gasteiger partial charge < -0.3 is 8.83 Å². The van der Waals surface area contributed by atoms with Gasteiger partial charge in [0.05, 0.1) is 5.69 Å². The number of aromatic nitrogens is 2. The van der Waals surface area contributed by atoms with Gasteiger partial charge in [0, 0.05) is 6.92 Å². The van der Waals surface area contributed by atoms with E-state index >= 15 is 0 Å². The summed E-state index contributed by atoms with van der Waals surface area (Å²) < 4.78 is 38.0. The fourth-order valence-corrected chi connectivity index (χ4v) is 3.07. The van der Waals surface area contributed by atoms with Crippen molar-refractivity contribution in [3.63, 3.8) is 0 Å². The van der Waals surface area contributed by atoms with Crippen molar-refractivity contribution in [3.05, 3.63) is 47.3 Å². The third-order valence-electron chi connectivity index (χ3n) is 3.22. The van der Waals surface area contributed by atoms with Gasteiger partial charge in [-0.05, 0) is 43.2 Å². The summed E-state index contributed by atoms with van der Waals surface area (Å²) in [5.41, 5.74) is 2.28. The average molecular weight is 333 g/mol. The minimum Gasteiger partial charge on any atom is -0.438 e. The number of nitrogens with zero attached hydrogens (tertiary/aromatic N) is 2. The van der Waals surface area contributed by atoms with Gasteiger partial charge in [0.25, 0.3) is 15.9 Å². The highest BCUT2D eigenvalue weighted by atomic mass is 32.2. The number of nitrogens with one attached hydrogen (secondary N) is 1. The second kappa shape index (κ2) is 5.54. The monoisotopic (exact) mass is 333 g/mol. The summed E-state index contributed by atoms with van der Waals surface area (Å²) in [6.45, 7) is 5.35. The Labute approximate surface area is 133 Å². The lowest BCUT2D eigenvalue weighted by Crippen LogP contribution is -2.13. The molecule has 1 aromatic carbocycles. The number of anilines is 1. The lowest BCUT2D eigenvalue weighted by molar-refractivity contribution is 0.439. The highest BCUT2D eigenvalue weighted by molar-refractivity contribution is 7.92. The number of furan rings is 1. The van der Waals surface area contributed by atoms with Gasteiger partial charge in [-0.1, -0.05) is 12.1 Å². The molecule has 8 heteroatoms. The van der Waals surface area contributed by atoms with Gasteiger partial charge in [-0.25, -0.2) is 0 Å². The minimum absolute atomic E-state index is 0.135. The van der Waals surface area contributed by atoms with E-state index in [1.807, 2.05) is 26.0 Å². The zero-order chi connectivity index (χ0) is 16.6. The molecule has 2 heterocycles. The van der Waals surface area contributed by atoms with Crippen molar-refractivity contribution in [2.45, 2.75) is 25.9 Å². The van der Waals surface area contributed by atoms with Crippen molar-refractivity contribution >= 4 is 15.7 Å². The second-order valence-electron chi connectivity index (χ2n) is 5.17. The number of rotatable bonds is 4. The molecule has 3 rings (SSSR count). The molecule has 0 saturated heterocycles. The lowest BCUT2D eigenvalue weighted by Gasteiger charge is -2.09. The van der Waals surface area contributed by atoms with Crippen LogP contribution >= 0.6 is 0 Å². The maximum Gasteiger partial charge on any atom is 0.295 e. The van der Waals surface area contributed by atoms with Crippen molar-refractivity contribution in [3.8, 4) is 11.7 Å². The Morgan fingerprint density at radius 1 is 1.00 bits per heavy atom. The summed E-state index contributed by atoms with van der Waals surface area (Å²) in [5, 5.41) is 7.26. The van der Waals surface area contributed by atoms with E-state index < -0.39 is 10.0 Å². The van der Waals surface area contributed by atoms with E-state index in [1.165, 1.54) is 12.1 Å². The first kappa shape index (κ1) is 15.3. The Morgan fingerprint density at radius 3 is 2.48 bits per heavy atom. The molecule has 0 spiro atoms. The number of aryl methyl sites for hydroxylation is 3. The quantitative estimate of drug-likeness (QED) is 0.788. The summed E-state index contributed by atoms with van der Waals surface area (Å²) in [5.74, 6) is 0.706. The molecular formula is C15H15N3O4S. The van der Waals surface area contributed by atoms with Crippen molar-refractivity contribution in [1.29, 1.82) is 0 Å². The molecule has 7 nitrogen and oxygen atoms in total. The van der Waals surface area contributed by atoms with Gasteiger partial charge in [-0.2, -0.15) is 8.42 Å². The summed E-state index contributed by atoms with van der Waals surface area (Å²) in [6.07, 6.45) is 0. The summed E-state index contributed by atoms with van der Waals surface area (Å²) in [4.78, 5) is 0. The molecule has 0 amide bonds. The standard InChI is InChI=1S/C15H15N3O4S/c1-9-4-5-10(2)12(8-9)18-23(19,20)14-7-6-13(22-14)15-17-16-11(3)21-15/h4-8,18H,1-3H3. The van der Waals surface area contributed by atoms with Crippen LogP contribution in [0.5, 0.6) is 0 Å². The molecular weight excluding hydrogens is 318 g/mol. The van der Waals surface area contributed by atoms with Gasteiger partial charge >= 0.3 is 0 Å². The van der Waals surface area contributed by atoms with Crippen LogP contribution in [0.25, 0.3) is 11.7 Å². The Balaban J connectivity index is 1.91. The van der Waals surface area contributed by atoms with Crippen LogP contribution in [-0.2, 0) is 10.0 Å². The number of sulfonamides is 1. The van der Waals surface area contributed by atoms with Crippen LogP contribution in [0, 0.1) is 20.8 Å². The Morgan fingerprint density at radius 2 is 1.78 bits per heavy atom. The largest absolute Gasteiger partial charge is 0.438 e. The topological polar surface area (TPSA) is 98.2 Å². The number of hydrogen-bond donors (Lipinski definition) is 1. The number of benzene rings is 1. The fraction of sp³-hybridized carbons (Fsp3) is 0.200. The summed E-state index contributed by atoms with van der Waals surface area (Å²) >= 11 is 0. The van der Waals surface area contributed by atoms with Gasteiger partial charge in [-0.15, -0.1) is 10.2 Å². The van der Waals surface area contributed by atoms with Crippen LogP contribution in [0.1, 0.15) is 17.0 Å². The maximum atomic E-state index is 12.4. The van der Waals surface area contributed by atoms with E-state index in [9.17, 15) is 8.42 Å². The SMILES string of the molecule is Cc1ccc(C)c(NS(=O)(=O)c2ccc(-c3nnc(C)o3)o2)c1. The first-order valence-electron chi connectivity index (χ1n) is 6.85. The van der Waals surface area contributed by atoms with Crippen molar-refractivity contribution in [1.82, 2.24) is 10.2 Å². The van der Waals surface area contributed by atoms with E-state index in [-0.39, 0.29) is 16.7 Å². The maximum absolute atomic E-state index is 12.4. The van der Waals surface area contributed by atoms with Gasteiger partial charge in [0.1, 0.15) is 0 Å². The van der Waals surface area contributed by atoms with Crippen LogP contribution in [0.2, 0.25) is 0 Å².